The second-order valence-electron chi connectivity index (χ2n) is 16.9. The molecule has 1 aliphatic rings. The topological polar surface area (TPSA) is 168 Å². The van der Waals surface area contributed by atoms with Crippen molar-refractivity contribution in [2.75, 3.05) is 39.7 Å². The molecule has 8 rings (SSSR count). The Bertz CT molecular complexity index is 2390. The van der Waals surface area contributed by atoms with Crippen LogP contribution in [-0.2, 0) is 0 Å². The molecule has 64 heavy (non-hydrogen) atoms. The quantitative estimate of drug-likeness (QED) is 0.0502. The summed E-state index contributed by atoms with van der Waals surface area (Å²) < 4.78 is 0. The second kappa shape index (κ2) is 24.1. The molecule has 0 amide bonds. The summed E-state index contributed by atoms with van der Waals surface area (Å²) >= 11 is 0. The van der Waals surface area contributed by atoms with Crippen LogP contribution in [0, 0.1) is 5.92 Å². The van der Waals surface area contributed by atoms with Gasteiger partial charge < -0.3 is 39.7 Å². The van der Waals surface area contributed by atoms with Crippen LogP contribution in [0.25, 0.3) is 44.8 Å². The lowest BCUT2D eigenvalue weighted by Gasteiger charge is -2.29. The molecule has 0 saturated heterocycles. The zero-order valence-electron chi connectivity index (χ0n) is 38.3. The number of fused-ring (bicyclic) bond motifs is 2. The van der Waals surface area contributed by atoms with Gasteiger partial charge in [-0.2, -0.15) is 0 Å². The van der Waals surface area contributed by atoms with Gasteiger partial charge >= 0.3 is 0 Å². The summed E-state index contributed by atoms with van der Waals surface area (Å²) in [4.78, 5) is 0. The third kappa shape index (κ3) is 13.1. The van der Waals surface area contributed by atoms with Crippen molar-refractivity contribution >= 4 is 73.5 Å². The Balaban J connectivity index is 0.000000168. The Hall–Kier alpha value is -6.86. The summed E-state index contributed by atoms with van der Waals surface area (Å²) in [5.41, 5.74) is 46.5. The Morgan fingerprint density at radius 1 is 0.531 bits per heavy atom. The van der Waals surface area contributed by atoms with E-state index in [9.17, 15) is 0 Å². The molecule has 0 aromatic heterocycles. The Morgan fingerprint density at radius 3 is 1.39 bits per heavy atom. The fraction of sp³-hybridized carbons (Fsp3) is 0.263. The molecule has 7 heteroatoms. The van der Waals surface area contributed by atoms with Crippen LogP contribution in [0.1, 0.15) is 101 Å². The largest absolute Gasteiger partial charge is 0.399 e. The summed E-state index contributed by atoms with van der Waals surface area (Å²) in [5.74, 6) is 1.76. The van der Waals surface area contributed by atoms with Crippen LogP contribution in [0.15, 0.2) is 147 Å². The zero-order valence-corrected chi connectivity index (χ0v) is 38.3. The van der Waals surface area contributed by atoms with Crippen molar-refractivity contribution in [1.29, 1.82) is 0 Å². The van der Waals surface area contributed by atoms with E-state index < -0.39 is 0 Å². The third-order valence-corrected chi connectivity index (χ3v) is 12.4. The molecule has 1 unspecified atom stereocenters. The first kappa shape index (κ1) is 48.2. The zero-order chi connectivity index (χ0) is 46.0. The van der Waals surface area contributed by atoms with Gasteiger partial charge in [-0.1, -0.05) is 150 Å². The Kier molecular flexibility index (Phi) is 18.1. The van der Waals surface area contributed by atoms with Gasteiger partial charge in [-0.15, -0.1) is 0 Å². The summed E-state index contributed by atoms with van der Waals surface area (Å²) in [7, 11) is 0. The maximum absolute atomic E-state index is 5.89. The van der Waals surface area contributed by atoms with Crippen LogP contribution in [0.2, 0.25) is 0 Å². The Labute approximate surface area is 382 Å². The smallest absolute Gasteiger partial charge is 0.0423 e. The van der Waals surface area contributed by atoms with E-state index in [2.05, 4.69) is 75.6 Å². The molecular weight excluding hydrogens is 783 g/mol. The molecule has 13 N–H and O–H groups in total. The van der Waals surface area contributed by atoms with E-state index in [-0.39, 0.29) is 0 Å². The number of anilines is 7. The highest BCUT2D eigenvalue weighted by atomic mass is 14.9. The van der Waals surface area contributed by atoms with Crippen molar-refractivity contribution in [3.63, 3.8) is 0 Å². The summed E-state index contributed by atoms with van der Waals surface area (Å²) in [6.07, 6.45) is 15.9. The molecule has 0 aliphatic heterocycles. The molecule has 0 bridgehead atoms. The minimum absolute atomic E-state index is 0.431. The van der Waals surface area contributed by atoms with E-state index in [1.807, 2.05) is 103 Å². The molecule has 0 radical (unpaired) electrons. The van der Waals surface area contributed by atoms with Gasteiger partial charge in [-0.05, 0) is 116 Å². The van der Waals surface area contributed by atoms with Gasteiger partial charge in [0.05, 0.1) is 0 Å². The monoisotopic (exact) mass is 854 g/mol. The van der Waals surface area contributed by atoms with Gasteiger partial charge in [0.1, 0.15) is 0 Å². The van der Waals surface area contributed by atoms with Crippen LogP contribution in [0.5, 0.6) is 0 Å². The van der Waals surface area contributed by atoms with Crippen molar-refractivity contribution in [2.24, 2.45) is 5.92 Å². The Morgan fingerprint density at radius 2 is 0.969 bits per heavy atom. The van der Waals surface area contributed by atoms with E-state index in [0.717, 1.165) is 90.7 Å². The molecule has 0 heterocycles. The number of benzene rings is 7. The number of hydrogen-bond acceptors (Lipinski definition) is 7. The normalized spacial score (nSPS) is 14.7. The number of nitrogens with one attached hydrogen (secondary N) is 1. The van der Waals surface area contributed by atoms with Crippen molar-refractivity contribution in [2.45, 2.75) is 90.5 Å². The van der Waals surface area contributed by atoms with Gasteiger partial charge in [-0.25, -0.2) is 0 Å². The van der Waals surface area contributed by atoms with Crippen LogP contribution in [0.3, 0.4) is 0 Å². The van der Waals surface area contributed by atoms with Crippen LogP contribution >= 0.6 is 0 Å². The highest BCUT2D eigenvalue weighted by Crippen LogP contribution is 2.38. The number of nitrogen functional groups attached to an aromatic ring is 6. The third-order valence-electron chi connectivity index (χ3n) is 12.4. The van der Waals surface area contributed by atoms with E-state index in [4.69, 9.17) is 34.4 Å². The van der Waals surface area contributed by atoms with Gasteiger partial charge in [0, 0.05) is 78.5 Å². The lowest BCUT2D eigenvalue weighted by Crippen LogP contribution is -2.14. The average Bonchev–Trinajstić information content (AvgIpc) is 3.33. The number of rotatable bonds is 11. The van der Waals surface area contributed by atoms with E-state index in [0.29, 0.717) is 6.04 Å². The SMILES string of the molecule is C=Cc1c(N)ccc(NC(C)CC)c1C=C.CCCCCC1CCC(c2ccc(-c3ccc(N)cc3)cc2)CC1.Nc1ccc(N)c2ccccc12.Nc1ccc(N)c2ccccc12. The first-order valence-corrected chi connectivity index (χ1v) is 22.9. The van der Waals surface area contributed by atoms with Gasteiger partial charge in [0.15, 0.2) is 0 Å². The number of hydrogen-bond donors (Lipinski definition) is 7. The first-order chi connectivity index (χ1) is 31.0. The average molecular weight is 854 g/mol. The molecule has 334 valence electrons. The molecule has 1 saturated carbocycles. The molecule has 1 aliphatic carbocycles. The number of unbranched alkanes of at least 4 members (excludes halogenated alkanes) is 2. The van der Waals surface area contributed by atoms with Gasteiger partial charge in [0.2, 0.25) is 0 Å². The van der Waals surface area contributed by atoms with E-state index >= 15 is 0 Å². The minimum Gasteiger partial charge on any atom is -0.399 e. The highest BCUT2D eigenvalue weighted by Gasteiger charge is 2.22. The van der Waals surface area contributed by atoms with Crippen molar-refractivity contribution in [3.8, 4) is 11.1 Å². The fourth-order valence-corrected chi connectivity index (χ4v) is 8.38. The molecular formula is C57H71N7. The molecule has 0 spiro atoms. The van der Waals surface area contributed by atoms with Crippen molar-refractivity contribution in [1.82, 2.24) is 0 Å². The lowest BCUT2D eigenvalue weighted by molar-refractivity contribution is 0.303. The van der Waals surface area contributed by atoms with Crippen molar-refractivity contribution in [3.05, 3.63) is 163 Å². The fourth-order valence-electron chi connectivity index (χ4n) is 8.38. The first-order valence-electron chi connectivity index (χ1n) is 22.9. The van der Waals surface area contributed by atoms with Crippen LogP contribution < -0.4 is 39.7 Å². The molecule has 1 fully saturated rings. The highest BCUT2D eigenvalue weighted by molar-refractivity contribution is 6.01. The second-order valence-corrected chi connectivity index (χ2v) is 16.9. The van der Waals surface area contributed by atoms with Crippen LogP contribution in [-0.4, -0.2) is 6.04 Å². The van der Waals surface area contributed by atoms with Gasteiger partial charge in [-0.3, -0.25) is 0 Å². The number of nitrogens with two attached hydrogens (primary N) is 6. The predicted octanol–water partition coefficient (Wildman–Crippen LogP) is 14.6. The summed E-state index contributed by atoms with van der Waals surface area (Å²) in [6.45, 7) is 14.2. The van der Waals surface area contributed by atoms with E-state index in [1.54, 1.807) is 6.08 Å². The van der Waals surface area contributed by atoms with E-state index in [1.165, 1.54) is 68.1 Å². The summed E-state index contributed by atoms with van der Waals surface area (Å²) in [6, 6.07) is 44.7. The standard InChI is InChI=1S/C23H31N.C14H20N2.2C10H10N2/c1-2-3-4-5-18-6-8-19(9-7-18)20-10-12-21(13-11-20)22-14-16-23(24)17-15-22;1-5-10(4)16-14-9-8-13(15)11(6-2)12(14)7-3;2*11-9-5-6-10(12)8-4-2-1-3-7(8)9/h10-19H,2-9,24H2,1H3;6-10,16H,2-3,5,15H2,1,4H3;2*1-6H,11-12H2. The summed E-state index contributed by atoms with van der Waals surface area (Å²) in [5, 5.41) is 7.54. The predicted molar refractivity (Wildman–Crippen MR) is 285 cm³/mol. The minimum atomic E-state index is 0.431. The maximum Gasteiger partial charge on any atom is 0.0423 e. The molecule has 1 atom stereocenters. The van der Waals surface area contributed by atoms with Crippen LogP contribution in [0.4, 0.5) is 39.8 Å². The maximum atomic E-state index is 5.89. The van der Waals surface area contributed by atoms with Crippen molar-refractivity contribution < 1.29 is 0 Å². The molecule has 7 aromatic carbocycles. The molecule has 7 aromatic rings. The molecule has 7 nitrogen and oxygen atoms in total. The lowest BCUT2D eigenvalue weighted by atomic mass is 9.77. The van der Waals surface area contributed by atoms with Gasteiger partial charge in [0.25, 0.3) is 0 Å².